The maximum absolute atomic E-state index is 10.5. The van der Waals surface area contributed by atoms with Crippen LogP contribution in [0.5, 0.6) is 5.75 Å². The molecule has 4 atom stereocenters. The summed E-state index contributed by atoms with van der Waals surface area (Å²) >= 11 is 0. The molecule has 3 N–H and O–H groups in total. The summed E-state index contributed by atoms with van der Waals surface area (Å²) in [5, 5.41) is 0. The number of ether oxygens (including phenoxy) is 5. The van der Waals surface area contributed by atoms with E-state index < -0.39 is 29.0 Å². The average molecular weight is 514 g/mol. The van der Waals surface area contributed by atoms with E-state index in [4.69, 9.17) is 34.0 Å². The first-order valence-corrected chi connectivity index (χ1v) is 13.0. The summed E-state index contributed by atoms with van der Waals surface area (Å²) in [6.45, 7) is 11.9. The van der Waals surface area contributed by atoms with Gasteiger partial charge in [-0.2, -0.15) is 8.42 Å². The quantitative estimate of drug-likeness (QED) is 0.162. The molecule has 0 fully saturated rings. The highest BCUT2D eigenvalue weighted by atomic mass is 32.2. The Hall–Kier alpha value is -2.21. The Bertz CT molecular complexity index is 952. The number of hydrogen-bond acceptors (Lipinski definition) is 8. The second kappa shape index (κ2) is 15.7. The Morgan fingerprint density at radius 2 is 1.40 bits per heavy atom. The maximum Gasteiger partial charge on any atom is 0.294 e. The minimum Gasteiger partial charge on any atom is -0.463 e. The van der Waals surface area contributed by atoms with Crippen molar-refractivity contribution in [1.29, 1.82) is 0 Å². The van der Waals surface area contributed by atoms with Gasteiger partial charge in [0.15, 0.2) is 25.2 Å². The molecule has 9 nitrogen and oxygen atoms in total. The molecule has 4 unspecified atom stereocenters. The molecule has 2 aromatic rings. The van der Waals surface area contributed by atoms with Gasteiger partial charge in [0.05, 0.1) is 10.6 Å². The standard InChI is InChI=1S/C18H31NO5.C7H8O3S/c1-6-7-12-20-13(2)21-14(3)22-15(4)23-16(5)24-18-11-9-8-10-17(18)19;1-6-2-4-7(5-3-6)11(8,9)10/h8-11,13-16H,6-7,12,19H2,1-5H3;2-5H,1H3,(H,8,9,10). The van der Waals surface area contributed by atoms with Crippen molar-refractivity contribution in [3.8, 4) is 5.75 Å². The second-order valence-electron chi connectivity index (χ2n) is 7.85. The van der Waals surface area contributed by atoms with E-state index in [0.29, 0.717) is 18.0 Å². The van der Waals surface area contributed by atoms with Crippen molar-refractivity contribution in [1.82, 2.24) is 0 Å². The van der Waals surface area contributed by atoms with Crippen LogP contribution >= 0.6 is 0 Å². The van der Waals surface area contributed by atoms with Gasteiger partial charge in [0, 0.05) is 6.61 Å². The van der Waals surface area contributed by atoms with Gasteiger partial charge in [0.25, 0.3) is 10.1 Å². The number of benzene rings is 2. The van der Waals surface area contributed by atoms with Gasteiger partial charge < -0.3 is 29.4 Å². The lowest BCUT2D eigenvalue weighted by Gasteiger charge is -2.25. The van der Waals surface area contributed by atoms with Crippen LogP contribution in [-0.4, -0.2) is 44.7 Å². The van der Waals surface area contributed by atoms with Crippen molar-refractivity contribution < 1.29 is 36.7 Å². The summed E-state index contributed by atoms with van der Waals surface area (Å²) in [6, 6.07) is 13.3. The van der Waals surface area contributed by atoms with Crippen molar-refractivity contribution in [2.45, 2.75) is 84.4 Å². The molecule has 0 saturated carbocycles. The number of hydrogen-bond donors (Lipinski definition) is 2. The SMILES string of the molecule is CCCCOC(C)OC(C)OC(C)OC(C)Oc1ccccc1N.Cc1ccc(S(=O)(=O)O)cc1. The molecular weight excluding hydrogens is 474 g/mol. The highest BCUT2D eigenvalue weighted by molar-refractivity contribution is 7.85. The number of nitrogens with two attached hydrogens (primary N) is 1. The molecule has 0 heterocycles. The molecule has 198 valence electrons. The number of unbranched alkanes of at least 4 members (excludes halogenated alkanes) is 1. The minimum absolute atomic E-state index is 0.0666. The number of para-hydroxylation sites is 2. The van der Waals surface area contributed by atoms with Gasteiger partial charge in [-0.05, 0) is 65.3 Å². The first-order valence-electron chi connectivity index (χ1n) is 11.6. The zero-order valence-electron chi connectivity index (χ0n) is 21.3. The molecule has 0 aliphatic heterocycles. The van der Waals surface area contributed by atoms with E-state index in [2.05, 4.69) is 6.92 Å². The van der Waals surface area contributed by atoms with E-state index in [-0.39, 0.29) is 11.2 Å². The van der Waals surface area contributed by atoms with Crippen LogP contribution in [-0.2, 0) is 29.1 Å². The summed E-state index contributed by atoms with van der Waals surface area (Å²) in [5.41, 5.74) is 7.36. The topological polar surface area (TPSA) is 127 Å². The molecule has 2 aromatic carbocycles. The zero-order chi connectivity index (χ0) is 26.4. The van der Waals surface area contributed by atoms with Crippen molar-refractivity contribution in [3.63, 3.8) is 0 Å². The van der Waals surface area contributed by atoms with Crippen molar-refractivity contribution in [2.24, 2.45) is 0 Å². The fraction of sp³-hybridized carbons (Fsp3) is 0.520. The van der Waals surface area contributed by atoms with Gasteiger partial charge in [-0.25, -0.2) is 0 Å². The lowest BCUT2D eigenvalue weighted by Crippen LogP contribution is -2.30. The van der Waals surface area contributed by atoms with Gasteiger partial charge in [0.1, 0.15) is 5.75 Å². The van der Waals surface area contributed by atoms with Crippen LogP contribution in [0.25, 0.3) is 0 Å². The maximum atomic E-state index is 10.5. The van der Waals surface area contributed by atoms with E-state index in [0.717, 1.165) is 18.4 Å². The fourth-order valence-electron chi connectivity index (χ4n) is 2.81. The molecule has 10 heteroatoms. The zero-order valence-corrected chi connectivity index (χ0v) is 22.2. The van der Waals surface area contributed by atoms with Gasteiger partial charge in [-0.3, -0.25) is 4.55 Å². The van der Waals surface area contributed by atoms with Crippen molar-refractivity contribution in [3.05, 3.63) is 54.1 Å². The first-order chi connectivity index (χ1) is 16.4. The summed E-state index contributed by atoms with van der Waals surface area (Å²) in [6.07, 6.45) is 0.327. The molecule has 0 aliphatic rings. The van der Waals surface area contributed by atoms with Gasteiger partial charge >= 0.3 is 0 Å². The van der Waals surface area contributed by atoms with Gasteiger partial charge in [-0.15, -0.1) is 0 Å². The third kappa shape index (κ3) is 13.5. The Morgan fingerprint density at radius 3 is 1.94 bits per heavy atom. The number of aryl methyl sites for hydroxylation is 1. The summed E-state index contributed by atoms with van der Waals surface area (Å²) in [4.78, 5) is -0.0666. The Kier molecular flexibility index (Phi) is 13.8. The smallest absolute Gasteiger partial charge is 0.294 e. The largest absolute Gasteiger partial charge is 0.463 e. The summed E-state index contributed by atoms with van der Waals surface area (Å²) in [7, 11) is -4.02. The lowest BCUT2D eigenvalue weighted by atomic mass is 10.2. The first kappa shape index (κ1) is 30.8. The van der Waals surface area contributed by atoms with Crippen LogP contribution in [0.2, 0.25) is 0 Å². The Balaban J connectivity index is 0.000000462. The van der Waals surface area contributed by atoms with E-state index in [1.807, 2.05) is 26.0 Å². The van der Waals surface area contributed by atoms with Crippen LogP contribution in [0, 0.1) is 6.92 Å². The molecule has 0 amide bonds. The molecule has 0 saturated heterocycles. The molecule has 0 aromatic heterocycles. The number of anilines is 1. The highest BCUT2D eigenvalue weighted by Gasteiger charge is 2.16. The molecule has 0 bridgehead atoms. The Labute approximate surface area is 209 Å². The highest BCUT2D eigenvalue weighted by Crippen LogP contribution is 2.22. The van der Waals surface area contributed by atoms with Crippen LogP contribution in [0.3, 0.4) is 0 Å². The third-order valence-corrected chi connectivity index (χ3v) is 5.40. The lowest BCUT2D eigenvalue weighted by molar-refractivity contribution is -0.297. The van der Waals surface area contributed by atoms with E-state index >= 15 is 0 Å². The predicted octanol–water partition coefficient (Wildman–Crippen LogP) is 5.14. The Morgan fingerprint density at radius 1 is 0.857 bits per heavy atom. The molecule has 0 spiro atoms. The van der Waals surface area contributed by atoms with Crippen LogP contribution in [0.1, 0.15) is 53.0 Å². The van der Waals surface area contributed by atoms with Crippen molar-refractivity contribution >= 4 is 15.8 Å². The fourth-order valence-corrected chi connectivity index (χ4v) is 3.29. The van der Waals surface area contributed by atoms with E-state index in [1.54, 1.807) is 45.0 Å². The van der Waals surface area contributed by atoms with E-state index in [9.17, 15) is 8.42 Å². The van der Waals surface area contributed by atoms with E-state index in [1.165, 1.54) is 12.1 Å². The van der Waals surface area contributed by atoms with Crippen LogP contribution in [0.15, 0.2) is 53.4 Å². The van der Waals surface area contributed by atoms with Gasteiger partial charge in [-0.1, -0.05) is 43.2 Å². The molecule has 0 radical (unpaired) electrons. The third-order valence-electron chi connectivity index (χ3n) is 4.53. The molecule has 0 aliphatic carbocycles. The summed E-state index contributed by atoms with van der Waals surface area (Å²) in [5.74, 6) is 0.583. The summed E-state index contributed by atoms with van der Waals surface area (Å²) < 4.78 is 57.6. The average Bonchev–Trinajstić information content (AvgIpc) is 2.75. The minimum atomic E-state index is -4.02. The number of rotatable bonds is 13. The molecule has 35 heavy (non-hydrogen) atoms. The predicted molar refractivity (Wildman–Crippen MR) is 134 cm³/mol. The van der Waals surface area contributed by atoms with Gasteiger partial charge in [0.2, 0.25) is 0 Å². The molecular formula is C25H39NO8S. The monoisotopic (exact) mass is 513 g/mol. The van der Waals surface area contributed by atoms with Crippen LogP contribution in [0.4, 0.5) is 5.69 Å². The van der Waals surface area contributed by atoms with Crippen molar-refractivity contribution in [2.75, 3.05) is 12.3 Å². The number of nitrogen functional groups attached to an aromatic ring is 1. The second-order valence-corrected chi connectivity index (χ2v) is 9.27. The van der Waals surface area contributed by atoms with Crippen LogP contribution < -0.4 is 10.5 Å². The molecule has 2 rings (SSSR count). The normalized spacial score (nSPS) is 14.8.